The Morgan fingerprint density at radius 2 is 2.10 bits per heavy atom. The molecule has 1 saturated heterocycles. The van der Waals surface area contributed by atoms with E-state index in [-0.39, 0.29) is 30.2 Å². The van der Waals surface area contributed by atoms with Gasteiger partial charge in [-0.2, -0.15) is 0 Å². The van der Waals surface area contributed by atoms with Crippen LogP contribution in [0.3, 0.4) is 0 Å². The van der Waals surface area contributed by atoms with Crippen LogP contribution in [0.15, 0.2) is 48.4 Å². The van der Waals surface area contributed by atoms with Crippen LogP contribution in [0.4, 0.5) is 0 Å². The van der Waals surface area contributed by atoms with E-state index in [0.717, 1.165) is 0 Å². The molecular formula is C22H27ClN4O4. The Kier molecular flexibility index (Phi) is 6.71. The molecule has 166 valence electrons. The summed E-state index contributed by atoms with van der Waals surface area (Å²) < 4.78 is 5.76. The van der Waals surface area contributed by atoms with Gasteiger partial charge in [-0.05, 0) is 45.4 Å². The molecule has 2 atom stereocenters. The molecule has 8 nitrogen and oxygen atoms in total. The SMILES string of the molecule is CC1C[C@H](N2CC(Oc3ccccc3Cl)=CC2=O)C(=O)N1C(=N)/C=C\NCC(C)(C)O. The maximum Gasteiger partial charge on any atom is 0.251 e. The molecule has 0 radical (unpaired) electrons. The van der Waals surface area contributed by atoms with Crippen molar-refractivity contribution in [3.63, 3.8) is 0 Å². The predicted octanol–water partition coefficient (Wildman–Crippen LogP) is 2.29. The van der Waals surface area contributed by atoms with Crippen LogP contribution in [0.25, 0.3) is 0 Å². The standard InChI is InChI=1S/C22H27ClN4O4/c1-14-10-17(21(29)27(14)19(24)8-9-25-13-22(2,3)30)26-12-15(11-20(26)28)31-18-7-5-4-6-16(18)23/h4-9,11,14,17,24-25,30H,10,12-13H2,1-3H3/b9-8-,24-19?/t14?,17-/m0/s1. The van der Waals surface area contributed by atoms with Crippen molar-refractivity contribution in [3.05, 3.63) is 53.4 Å². The topological polar surface area (TPSA) is 106 Å². The van der Waals surface area contributed by atoms with Gasteiger partial charge < -0.3 is 20.1 Å². The molecule has 2 aliphatic heterocycles. The highest BCUT2D eigenvalue weighted by Gasteiger charge is 2.45. The van der Waals surface area contributed by atoms with Crippen molar-refractivity contribution in [3.8, 4) is 5.75 Å². The molecule has 0 saturated carbocycles. The average molecular weight is 447 g/mol. The van der Waals surface area contributed by atoms with Crippen molar-refractivity contribution in [1.82, 2.24) is 15.1 Å². The number of amidine groups is 1. The zero-order valence-corrected chi connectivity index (χ0v) is 18.5. The first-order valence-corrected chi connectivity index (χ1v) is 10.4. The molecule has 0 bridgehead atoms. The van der Waals surface area contributed by atoms with Crippen molar-refractivity contribution < 1.29 is 19.4 Å². The third kappa shape index (κ3) is 5.45. The molecule has 0 aromatic heterocycles. The van der Waals surface area contributed by atoms with Gasteiger partial charge in [0, 0.05) is 24.9 Å². The van der Waals surface area contributed by atoms with E-state index < -0.39 is 11.6 Å². The minimum absolute atomic E-state index is 0.0235. The van der Waals surface area contributed by atoms with Crippen molar-refractivity contribution in [2.24, 2.45) is 0 Å². The van der Waals surface area contributed by atoms with Gasteiger partial charge in [0.2, 0.25) is 0 Å². The predicted molar refractivity (Wildman–Crippen MR) is 118 cm³/mol. The first kappa shape index (κ1) is 22.8. The van der Waals surface area contributed by atoms with Crippen LogP contribution in [0.1, 0.15) is 27.2 Å². The zero-order valence-electron chi connectivity index (χ0n) is 17.8. The van der Waals surface area contributed by atoms with Crippen LogP contribution >= 0.6 is 11.6 Å². The molecule has 3 rings (SSSR count). The molecule has 1 unspecified atom stereocenters. The largest absolute Gasteiger partial charge is 0.458 e. The molecule has 2 heterocycles. The van der Waals surface area contributed by atoms with Crippen molar-refractivity contribution in [2.75, 3.05) is 13.1 Å². The first-order valence-electron chi connectivity index (χ1n) is 10.0. The second-order valence-electron chi connectivity index (χ2n) is 8.33. The highest BCUT2D eigenvalue weighted by Crippen LogP contribution is 2.30. The molecule has 1 aromatic carbocycles. The van der Waals surface area contributed by atoms with Gasteiger partial charge in [0.15, 0.2) is 0 Å². The minimum atomic E-state index is -0.888. The lowest BCUT2D eigenvalue weighted by atomic mass is 10.1. The summed E-state index contributed by atoms with van der Waals surface area (Å²) in [5.41, 5.74) is -0.888. The quantitative estimate of drug-likeness (QED) is 0.440. The molecule has 9 heteroatoms. The number of halogens is 1. The Morgan fingerprint density at radius 1 is 1.39 bits per heavy atom. The Morgan fingerprint density at radius 3 is 2.77 bits per heavy atom. The molecule has 0 aliphatic carbocycles. The van der Waals surface area contributed by atoms with E-state index in [0.29, 0.717) is 29.5 Å². The number of carbonyl (C=O) groups is 2. The Balaban J connectivity index is 1.62. The summed E-state index contributed by atoms with van der Waals surface area (Å²) in [5, 5.41) is 21.3. The first-order chi connectivity index (χ1) is 14.6. The van der Waals surface area contributed by atoms with Crippen molar-refractivity contribution >= 4 is 29.3 Å². The third-order valence-corrected chi connectivity index (χ3v) is 5.34. The maximum absolute atomic E-state index is 13.0. The lowest BCUT2D eigenvalue weighted by Gasteiger charge is -2.23. The molecule has 0 spiro atoms. The van der Waals surface area contributed by atoms with Crippen LogP contribution in [0.5, 0.6) is 5.75 Å². The summed E-state index contributed by atoms with van der Waals surface area (Å²) >= 11 is 6.12. The Hall–Kier alpha value is -2.84. The molecule has 31 heavy (non-hydrogen) atoms. The summed E-state index contributed by atoms with van der Waals surface area (Å²) in [5.74, 6) is 0.287. The number of nitrogens with one attached hydrogen (secondary N) is 2. The number of rotatable bonds is 7. The summed E-state index contributed by atoms with van der Waals surface area (Å²) in [6.07, 6.45) is 4.80. The fourth-order valence-corrected chi connectivity index (χ4v) is 3.73. The highest BCUT2D eigenvalue weighted by atomic mass is 35.5. The molecule has 2 aliphatic rings. The van der Waals surface area contributed by atoms with E-state index in [9.17, 15) is 14.7 Å². The van der Waals surface area contributed by atoms with Crippen LogP contribution < -0.4 is 10.1 Å². The van der Waals surface area contributed by atoms with Gasteiger partial charge in [0.05, 0.1) is 17.2 Å². The molecule has 1 fully saturated rings. The number of ether oxygens (including phenoxy) is 1. The number of likely N-dealkylation sites (tertiary alicyclic amines) is 1. The number of para-hydroxylation sites is 1. The van der Waals surface area contributed by atoms with E-state index in [4.69, 9.17) is 21.7 Å². The summed E-state index contributed by atoms with van der Waals surface area (Å²) in [4.78, 5) is 28.4. The van der Waals surface area contributed by atoms with Gasteiger partial charge in [0.25, 0.3) is 11.8 Å². The maximum atomic E-state index is 13.0. The number of amides is 2. The van der Waals surface area contributed by atoms with Gasteiger partial charge in [-0.25, -0.2) is 0 Å². The van der Waals surface area contributed by atoms with E-state index in [1.807, 2.05) is 6.92 Å². The van der Waals surface area contributed by atoms with E-state index in [1.54, 1.807) is 38.1 Å². The fraction of sp³-hybridized carbons (Fsp3) is 0.409. The Labute approximate surface area is 186 Å². The summed E-state index contributed by atoms with van der Waals surface area (Å²) in [6, 6.07) is 6.08. The van der Waals surface area contributed by atoms with E-state index in [1.165, 1.54) is 28.2 Å². The van der Waals surface area contributed by atoms with Crippen molar-refractivity contribution in [1.29, 1.82) is 5.41 Å². The van der Waals surface area contributed by atoms with Crippen LogP contribution in [0, 0.1) is 5.41 Å². The number of hydrogen-bond acceptors (Lipinski definition) is 6. The van der Waals surface area contributed by atoms with Crippen LogP contribution in [0.2, 0.25) is 5.02 Å². The molecule has 3 N–H and O–H groups in total. The van der Waals surface area contributed by atoms with Gasteiger partial charge in [-0.1, -0.05) is 23.7 Å². The summed E-state index contributed by atoms with van der Waals surface area (Å²) in [7, 11) is 0. The molecular weight excluding hydrogens is 420 g/mol. The average Bonchev–Trinajstić information content (AvgIpc) is 3.18. The second kappa shape index (κ2) is 9.11. The van der Waals surface area contributed by atoms with Gasteiger partial charge >= 0.3 is 0 Å². The van der Waals surface area contributed by atoms with Crippen LogP contribution in [-0.2, 0) is 9.59 Å². The molecule has 1 aromatic rings. The third-order valence-electron chi connectivity index (χ3n) is 5.03. The molecule has 2 amide bonds. The number of hydrogen-bond donors (Lipinski definition) is 3. The Bertz CT molecular complexity index is 938. The zero-order chi connectivity index (χ0) is 22.8. The highest BCUT2D eigenvalue weighted by molar-refractivity contribution is 6.32. The number of carbonyl (C=O) groups excluding carboxylic acids is 2. The van der Waals surface area contributed by atoms with Gasteiger partial charge in [0.1, 0.15) is 23.4 Å². The smallest absolute Gasteiger partial charge is 0.251 e. The second-order valence-corrected chi connectivity index (χ2v) is 8.74. The number of nitrogens with zero attached hydrogens (tertiary/aromatic N) is 2. The van der Waals surface area contributed by atoms with Gasteiger partial charge in [-0.3, -0.25) is 19.9 Å². The fourth-order valence-electron chi connectivity index (χ4n) is 3.56. The normalized spacial score (nSPS) is 21.8. The van der Waals surface area contributed by atoms with E-state index in [2.05, 4.69) is 5.32 Å². The minimum Gasteiger partial charge on any atom is -0.458 e. The lowest BCUT2D eigenvalue weighted by molar-refractivity contribution is -0.136. The van der Waals surface area contributed by atoms with Crippen molar-refractivity contribution in [2.45, 2.75) is 44.9 Å². The van der Waals surface area contributed by atoms with E-state index >= 15 is 0 Å². The van der Waals surface area contributed by atoms with Crippen LogP contribution in [-0.4, -0.2) is 63.3 Å². The lowest BCUT2D eigenvalue weighted by Crippen LogP contribution is -2.44. The monoisotopic (exact) mass is 446 g/mol. The number of aliphatic hydroxyl groups is 1. The summed E-state index contributed by atoms with van der Waals surface area (Å²) in [6.45, 7) is 5.66. The number of benzene rings is 1. The van der Waals surface area contributed by atoms with Gasteiger partial charge in [-0.15, -0.1) is 0 Å².